The lowest BCUT2D eigenvalue weighted by Gasteiger charge is -2.39. The molecule has 2 aromatic rings. The summed E-state index contributed by atoms with van der Waals surface area (Å²) in [6.45, 7) is 2.26. The number of nitrogens with one attached hydrogen (secondary N) is 1. The molecule has 2 aliphatic rings. The summed E-state index contributed by atoms with van der Waals surface area (Å²) in [6, 6.07) is 14.4. The molecule has 2 aromatic carbocycles. The molecule has 126 valence electrons. The van der Waals surface area contributed by atoms with Crippen molar-refractivity contribution in [3.05, 3.63) is 65.5 Å². The second kappa shape index (κ2) is 6.44. The fourth-order valence-electron chi connectivity index (χ4n) is 3.82. The number of likely N-dealkylation sites (tertiary alicyclic amines) is 1. The first-order valence-electron chi connectivity index (χ1n) is 8.06. The first-order valence-corrected chi connectivity index (χ1v) is 8.06. The molecule has 1 amide bonds. The van der Waals surface area contributed by atoms with Crippen LogP contribution in [0.15, 0.2) is 48.5 Å². The highest BCUT2D eigenvalue weighted by Gasteiger charge is 2.42. The van der Waals surface area contributed by atoms with Crippen LogP contribution in [-0.2, 0) is 5.41 Å². The average Bonchev–Trinajstić information content (AvgIpc) is 2.94. The lowest BCUT2D eigenvalue weighted by molar-refractivity contribution is 0.0676. The van der Waals surface area contributed by atoms with Crippen LogP contribution in [0.25, 0.3) is 0 Å². The fourth-order valence-corrected chi connectivity index (χ4v) is 3.82. The predicted molar refractivity (Wildman–Crippen MR) is 95.4 cm³/mol. The molecule has 0 bridgehead atoms. The molecule has 0 aliphatic carbocycles. The van der Waals surface area contributed by atoms with E-state index in [0.29, 0.717) is 13.1 Å². The number of hydrogen-bond acceptors (Lipinski definition) is 2. The van der Waals surface area contributed by atoms with Crippen molar-refractivity contribution in [2.24, 2.45) is 0 Å². The molecule has 0 saturated carbocycles. The lowest BCUT2D eigenvalue weighted by Crippen LogP contribution is -2.46. The van der Waals surface area contributed by atoms with Crippen LogP contribution in [0.3, 0.4) is 0 Å². The summed E-state index contributed by atoms with van der Waals surface area (Å²) in [5, 5.41) is 3.39. The van der Waals surface area contributed by atoms with E-state index in [1.807, 2.05) is 41.3 Å². The number of hydrogen-bond donors (Lipinski definition) is 1. The summed E-state index contributed by atoms with van der Waals surface area (Å²) in [5.74, 6) is -0.0968. The van der Waals surface area contributed by atoms with Crippen molar-refractivity contribution in [2.75, 3.05) is 25.0 Å². The molecule has 3 nitrogen and oxygen atoms in total. The third-order valence-electron chi connectivity index (χ3n) is 5.20. The van der Waals surface area contributed by atoms with Crippen LogP contribution in [0.2, 0.25) is 0 Å². The molecular weight excluding hydrogens is 327 g/mol. The van der Waals surface area contributed by atoms with Gasteiger partial charge in [-0.25, -0.2) is 4.39 Å². The molecule has 0 atom stereocenters. The molecule has 0 radical (unpaired) electrons. The van der Waals surface area contributed by atoms with Crippen molar-refractivity contribution < 1.29 is 9.18 Å². The molecule has 1 fully saturated rings. The first-order chi connectivity index (χ1) is 11.2. The Morgan fingerprint density at radius 2 is 1.79 bits per heavy atom. The van der Waals surface area contributed by atoms with Crippen LogP contribution in [0.1, 0.15) is 28.8 Å². The molecule has 1 saturated heterocycles. The molecule has 0 unspecified atom stereocenters. The van der Waals surface area contributed by atoms with Crippen LogP contribution in [-0.4, -0.2) is 30.4 Å². The third kappa shape index (κ3) is 2.75. The van der Waals surface area contributed by atoms with Gasteiger partial charge in [-0.05, 0) is 48.7 Å². The Balaban J connectivity index is 0.00000169. The van der Waals surface area contributed by atoms with Crippen molar-refractivity contribution >= 4 is 24.0 Å². The summed E-state index contributed by atoms with van der Waals surface area (Å²) in [5.41, 5.74) is 2.81. The highest BCUT2D eigenvalue weighted by atomic mass is 35.5. The molecule has 2 aliphatic heterocycles. The van der Waals surface area contributed by atoms with Crippen LogP contribution >= 0.6 is 12.4 Å². The monoisotopic (exact) mass is 346 g/mol. The van der Waals surface area contributed by atoms with Gasteiger partial charge >= 0.3 is 0 Å². The van der Waals surface area contributed by atoms with Gasteiger partial charge in [0.15, 0.2) is 0 Å². The Labute approximate surface area is 147 Å². The molecule has 0 aromatic heterocycles. The van der Waals surface area contributed by atoms with E-state index in [1.165, 1.54) is 6.07 Å². The normalized spacial score (nSPS) is 17.8. The van der Waals surface area contributed by atoms with Crippen molar-refractivity contribution in [1.82, 2.24) is 4.90 Å². The third-order valence-corrected chi connectivity index (χ3v) is 5.20. The van der Waals surface area contributed by atoms with Crippen molar-refractivity contribution in [2.45, 2.75) is 18.3 Å². The maximum Gasteiger partial charge on any atom is 0.253 e. The van der Waals surface area contributed by atoms with E-state index in [4.69, 9.17) is 0 Å². The van der Waals surface area contributed by atoms with Crippen LogP contribution in [0.4, 0.5) is 10.1 Å². The SMILES string of the molecule is Cl.O=C(c1ccccc1)N1CCC2(CC1)CNc1ccc(F)cc12. The molecule has 4 rings (SSSR count). The Bertz CT molecular complexity index is 742. The smallest absolute Gasteiger partial charge is 0.253 e. The maximum atomic E-state index is 13.6. The number of carbonyl (C=O) groups is 1. The van der Waals surface area contributed by atoms with Gasteiger partial charge in [0.05, 0.1) is 0 Å². The molecule has 1 spiro atoms. The zero-order valence-corrected chi connectivity index (χ0v) is 14.1. The van der Waals surface area contributed by atoms with E-state index >= 15 is 0 Å². The minimum absolute atomic E-state index is 0. The highest BCUT2D eigenvalue weighted by Crippen LogP contribution is 2.44. The summed E-state index contributed by atoms with van der Waals surface area (Å²) < 4.78 is 13.6. The lowest BCUT2D eigenvalue weighted by atomic mass is 9.74. The number of fused-ring (bicyclic) bond motifs is 2. The number of rotatable bonds is 1. The van der Waals surface area contributed by atoms with E-state index in [1.54, 1.807) is 6.07 Å². The van der Waals surface area contributed by atoms with Crippen molar-refractivity contribution in [3.63, 3.8) is 0 Å². The zero-order chi connectivity index (χ0) is 15.9. The van der Waals surface area contributed by atoms with Gasteiger partial charge < -0.3 is 10.2 Å². The van der Waals surface area contributed by atoms with Crippen molar-refractivity contribution in [3.8, 4) is 0 Å². The summed E-state index contributed by atoms with van der Waals surface area (Å²) in [7, 11) is 0. The number of benzene rings is 2. The summed E-state index contributed by atoms with van der Waals surface area (Å²) in [6.07, 6.45) is 1.74. The van der Waals surface area contributed by atoms with Gasteiger partial charge in [0.25, 0.3) is 5.91 Å². The van der Waals surface area contributed by atoms with Gasteiger partial charge in [-0.15, -0.1) is 12.4 Å². The van der Waals surface area contributed by atoms with Gasteiger partial charge in [-0.2, -0.15) is 0 Å². The minimum atomic E-state index is -0.186. The van der Waals surface area contributed by atoms with Gasteiger partial charge in [0.2, 0.25) is 0 Å². The van der Waals surface area contributed by atoms with E-state index in [9.17, 15) is 9.18 Å². The van der Waals surface area contributed by atoms with E-state index in [2.05, 4.69) is 5.32 Å². The largest absolute Gasteiger partial charge is 0.384 e. The zero-order valence-electron chi connectivity index (χ0n) is 13.3. The summed E-state index contributed by atoms with van der Waals surface area (Å²) >= 11 is 0. The molecule has 5 heteroatoms. The quantitative estimate of drug-likeness (QED) is 0.850. The number of amides is 1. The molecule has 24 heavy (non-hydrogen) atoms. The molecular formula is C19H20ClFN2O. The Hall–Kier alpha value is -2.07. The van der Waals surface area contributed by atoms with Crippen LogP contribution in [0.5, 0.6) is 0 Å². The number of nitrogens with zero attached hydrogens (tertiary/aromatic N) is 1. The standard InChI is InChI=1S/C19H19FN2O.ClH/c20-15-6-7-17-16(12-15)19(13-21-17)8-10-22(11-9-19)18(23)14-4-2-1-3-5-14;/h1-7,12,21H,8-11,13H2;1H. The van der Waals surface area contributed by atoms with Gasteiger partial charge in [-0.1, -0.05) is 18.2 Å². The molecule has 1 N–H and O–H groups in total. The van der Waals surface area contributed by atoms with Gasteiger partial charge in [-0.3, -0.25) is 4.79 Å². The topological polar surface area (TPSA) is 32.3 Å². The average molecular weight is 347 g/mol. The summed E-state index contributed by atoms with van der Waals surface area (Å²) in [4.78, 5) is 14.5. The van der Waals surface area contributed by atoms with E-state index < -0.39 is 0 Å². The van der Waals surface area contributed by atoms with Crippen molar-refractivity contribution in [1.29, 1.82) is 0 Å². The first kappa shape index (κ1) is 16.8. The Morgan fingerprint density at radius 1 is 1.08 bits per heavy atom. The van der Waals surface area contributed by atoms with Crippen LogP contribution < -0.4 is 5.32 Å². The van der Waals surface area contributed by atoms with Gasteiger partial charge in [0, 0.05) is 36.3 Å². The van der Waals surface area contributed by atoms with Gasteiger partial charge in [0.1, 0.15) is 5.82 Å². The number of carbonyl (C=O) groups excluding carboxylic acids is 1. The minimum Gasteiger partial charge on any atom is -0.384 e. The second-order valence-corrected chi connectivity index (χ2v) is 6.48. The Kier molecular flexibility index (Phi) is 4.50. The highest BCUT2D eigenvalue weighted by molar-refractivity contribution is 5.94. The van der Waals surface area contributed by atoms with E-state index in [-0.39, 0.29) is 29.5 Å². The second-order valence-electron chi connectivity index (χ2n) is 6.48. The Morgan fingerprint density at radius 3 is 2.50 bits per heavy atom. The fraction of sp³-hybridized carbons (Fsp3) is 0.316. The maximum absolute atomic E-state index is 13.6. The van der Waals surface area contributed by atoms with Crippen LogP contribution in [0, 0.1) is 5.82 Å². The molecule has 2 heterocycles. The number of anilines is 1. The predicted octanol–water partition coefficient (Wildman–Crippen LogP) is 3.85. The number of piperidine rings is 1. The van der Waals surface area contributed by atoms with E-state index in [0.717, 1.165) is 36.2 Å². The number of halogens is 2.